The molecule has 5 nitrogen and oxygen atoms in total. The van der Waals surface area contributed by atoms with Gasteiger partial charge in [-0.05, 0) is 30.3 Å². The Balaban J connectivity index is 2.01. The minimum absolute atomic E-state index is 0.0241. The van der Waals surface area contributed by atoms with Gasteiger partial charge in [0.1, 0.15) is 16.9 Å². The van der Waals surface area contributed by atoms with E-state index in [4.69, 9.17) is 16.0 Å². The molecule has 2 aromatic carbocycles. The van der Waals surface area contributed by atoms with Gasteiger partial charge in [0.2, 0.25) is 0 Å². The molecule has 0 radical (unpaired) electrons. The first kappa shape index (κ1) is 14.2. The molecule has 0 fully saturated rings. The molecule has 6 heteroatoms. The smallest absolute Gasteiger partial charge is 0.349 e. The summed E-state index contributed by atoms with van der Waals surface area (Å²) in [5.74, 6) is -0.638. The second-order valence-corrected chi connectivity index (χ2v) is 5.01. The van der Waals surface area contributed by atoms with Gasteiger partial charge in [0.25, 0.3) is 5.91 Å². The number of anilines is 1. The van der Waals surface area contributed by atoms with Crippen LogP contribution in [0.2, 0.25) is 5.02 Å². The van der Waals surface area contributed by atoms with Crippen molar-refractivity contribution in [2.75, 3.05) is 5.32 Å². The third-order valence-corrected chi connectivity index (χ3v) is 3.42. The van der Waals surface area contributed by atoms with Crippen LogP contribution in [0.4, 0.5) is 5.69 Å². The molecule has 0 atom stereocenters. The highest BCUT2D eigenvalue weighted by Gasteiger charge is 2.15. The third-order valence-electron chi connectivity index (χ3n) is 3.09. The predicted octanol–water partition coefficient (Wildman–Crippen LogP) is 3.40. The van der Waals surface area contributed by atoms with E-state index in [0.717, 1.165) is 0 Å². The Labute approximate surface area is 129 Å². The Morgan fingerprint density at radius 1 is 1.14 bits per heavy atom. The number of carbonyl (C=O) groups is 1. The summed E-state index contributed by atoms with van der Waals surface area (Å²) in [4.78, 5) is 24.1. The quantitative estimate of drug-likeness (QED) is 0.710. The number of phenols is 1. The standard InChI is InChI=1S/C16H10ClNO4/c17-12-3-1-2-4-13(12)18-15(20)11-7-9-5-6-10(19)8-14(9)22-16(11)21/h1-8,19H,(H,18,20). The number of para-hydroxylation sites is 1. The van der Waals surface area contributed by atoms with Crippen molar-refractivity contribution in [2.45, 2.75) is 0 Å². The minimum Gasteiger partial charge on any atom is -0.508 e. The Bertz CT molecular complexity index is 933. The first-order valence-electron chi connectivity index (χ1n) is 6.37. The summed E-state index contributed by atoms with van der Waals surface area (Å²) >= 11 is 5.96. The highest BCUT2D eigenvalue weighted by atomic mass is 35.5. The molecule has 1 heterocycles. The number of halogens is 1. The van der Waals surface area contributed by atoms with E-state index >= 15 is 0 Å². The summed E-state index contributed by atoms with van der Waals surface area (Å²) in [6, 6.07) is 12.4. The highest BCUT2D eigenvalue weighted by molar-refractivity contribution is 6.33. The van der Waals surface area contributed by atoms with Gasteiger partial charge >= 0.3 is 5.63 Å². The van der Waals surface area contributed by atoms with E-state index in [2.05, 4.69) is 5.32 Å². The average molecular weight is 316 g/mol. The number of carbonyl (C=O) groups excluding carboxylic acids is 1. The van der Waals surface area contributed by atoms with Gasteiger partial charge in [-0.1, -0.05) is 23.7 Å². The van der Waals surface area contributed by atoms with E-state index in [1.54, 1.807) is 30.3 Å². The molecule has 22 heavy (non-hydrogen) atoms. The molecule has 0 aliphatic carbocycles. The molecule has 2 N–H and O–H groups in total. The lowest BCUT2D eigenvalue weighted by Crippen LogP contribution is -2.20. The normalized spacial score (nSPS) is 10.6. The molecule has 1 amide bonds. The van der Waals surface area contributed by atoms with Gasteiger partial charge in [-0.2, -0.15) is 0 Å². The lowest BCUT2D eigenvalue weighted by Gasteiger charge is -2.06. The zero-order valence-corrected chi connectivity index (χ0v) is 11.9. The Morgan fingerprint density at radius 3 is 2.68 bits per heavy atom. The first-order chi connectivity index (χ1) is 10.5. The third kappa shape index (κ3) is 2.66. The zero-order valence-electron chi connectivity index (χ0n) is 11.2. The van der Waals surface area contributed by atoms with Crippen molar-refractivity contribution in [3.8, 4) is 5.75 Å². The molecule has 0 aliphatic heterocycles. The number of hydrogen-bond acceptors (Lipinski definition) is 4. The molecule has 0 aliphatic rings. The Hall–Kier alpha value is -2.79. The number of fused-ring (bicyclic) bond motifs is 1. The van der Waals surface area contributed by atoms with Crippen molar-refractivity contribution >= 4 is 34.2 Å². The molecule has 0 bridgehead atoms. The lowest BCUT2D eigenvalue weighted by atomic mass is 10.1. The highest BCUT2D eigenvalue weighted by Crippen LogP contribution is 2.22. The zero-order chi connectivity index (χ0) is 15.7. The van der Waals surface area contributed by atoms with Crippen LogP contribution in [0.15, 0.2) is 57.7 Å². The summed E-state index contributed by atoms with van der Waals surface area (Å²) in [5, 5.41) is 12.8. The predicted molar refractivity (Wildman–Crippen MR) is 83.6 cm³/mol. The van der Waals surface area contributed by atoms with E-state index in [9.17, 15) is 14.7 Å². The number of hydrogen-bond donors (Lipinski definition) is 2. The molecule has 0 saturated heterocycles. The van der Waals surface area contributed by atoms with Gasteiger partial charge < -0.3 is 14.8 Å². The fraction of sp³-hybridized carbons (Fsp3) is 0. The van der Waals surface area contributed by atoms with Crippen molar-refractivity contribution < 1.29 is 14.3 Å². The van der Waals surface area contributed by atoms with Crippen LogP contribution >= 0.6 is 11.6 Å². The largest absolute Gasteiger partial charge is 0.508 e. The molecule has 110 valence electrons. The maximum atomic E-state index is 12.2. The first-order valence-corrected chi connectivity index (χ1v) is 6.75. The van der Waals surface area contributed by atoms with Crippen molar-refractivity contribution in [3.63, 3.8) is 0 Å². The lowest BCUT2D eigenvalue weighted by molar-refractivity contribution is 0.102. The van der Waals surface area contributed by atoms with Crippen LogP contribution in [0.5, 0.6) is 5.75 Å². The number of aromatic hydroxyl groups is 1. The van der Waals surface area contributed by atoms with Crippen LogP contribution in [0.1, 0.15) is 10.4 Å². The number of benzene rings is 2. The SMILES string of the molecule is O=C(Nc1ccccc1Cl)c1cc2ccc(O)cc2oc1=O. The van der Waals surface area contributed by atoms with Crippen LogP contribution in [0.25, 0.3) is 11.0 Å². The van der Waals surface area contributed by atoms with Gasteiger partial charge in [-0.3, -0.25) is 4.79 Å². The van der Waals surface area contributed by atoms with E-state index in [1.165, 1.54) is 18.2 Å². The number of nitrogens with one attached hydrogen (secondary N) is 1. The maximum absolute atomic E-state index is 12.2. The summed E-state index contributed by atoms with van der Waals surface area (Å²) < 4.78 is 5.05. The van der Waals surface area contributed by atoms with E-state index in [1.807, 2.05) is 0 Å². The monoisotopic (exact) mass is 315 g/mol. The van der Waals surface area contributed by atoms with Crippen molar-refractivity contribution in [3.05, 3.63) is 69.5 Å². The second-order valence-electron chi connectivity index (χ2n) is 4.60. The molecule has 1 aromatic heterocycles. The van der Waals surface area contributed by atoms with Crippen LogP contribution in [0, 0.1) is 0 Å². The minimum atomic E-state index is -0.789. The van der Waals surface area contributed by atoms with E-state index < -0.39 is 11.5 Å². The molecule has 0 saturated carbocycles. The number of rotatable bonds is 2. The van der Waals surface area contributed by atoms with Crippen molar-refractivity contribution in [1.29, 1.82) is 0 Å². The molecule has 0 unspecified atom stereocenters. The van der Waals surface area contributed by atoms with Crippen LogP contribution in [0.3, 0.4) is 0 Å². The average Bonchev–Trinajstić information content (AvgIpc) is 2.48. The Kier molecular flexibility index (Phi) is 3.56. The fourth-order valence-electron chi connectivity index (χ4n) is 2.01. The molecule has 3 aromatic rings. The molecule has 0 spiro atoms. The summed E-state index contributed by atoms with van der Waals surface area (Å²) in [6.45, 7) is 0. The maximum Gasteiger partial charge on any atom is 0.349 e. The van der Waals surface area contributed by atoms with Crippen molar-refractivity contribution in [2.24, 2.45) is 0 Å². The van der Waals surface area contributed by atoms with Gasteiger partial charge in [0.15, 0.2) is 0 Å². The summed E-state index contributed by atoms with van der Waals surface area (Å²) in [7, 11) is 0. The van der Waals surface area contributed by atoms with Crippen LogP contribution < -0.4 is 10.9 Å². The Morgan fingerprint density at radius 2 is 1.91 bits per heavy atom. The van der Waals surface area contributed by atoms with E-state index in [0.29, 0.717) is 16.1 Å². The summed E-state index contributed by atoms with van der Waals surface area (Å²) in [6.07, 6.45) is 0. The number of amides is 1. The molecule has 3 rings (SSSR count). The summed E-state index contributed by atoms with van der Waals surface area (Å²) in [5.41, 5.74) is -0.320. The van der Waals surface area contributed by atoms with Gasteiger partial charge in [-0.25, -0.2) is 4.79 Å². The van der Waals surface area contributed by atoms with Gasteiger partial charge in [0.05, 0.1) is 10.7 Å². The van der Waals surface area contributed by atoms with Gasteiger partial charge in [-0.15, -0.1) is 0 Å². The van der Waals surface area contributed by atoms with Gasteiger partial charge in [0, 0.05) is 11.5 Å². The fourth-order valence-corrected chi connectivity index (χ4v) is 2.19. The van der Waals surface area contributed by atoms with Crippen molar-refractivity contribution in [1.82, 2.24) is 0 Å². The number of phenolic OH excluding ortho intramolecular Hbond substituents is 1. The molecular weight excluding hydrogens is 306 g/mol. The second kappa shape index (κ2) is 5.54. The van der Waals surface area contributed by atoms with E-state index in [-0.39, 0.29) is 16.9 Å². The van der Waals surface area contributed by atoms with Crippen LogP contribution in [-0.2, 0) is 0 Å². The van der Waals surface area contributed by atoms with Crippen LogP contribution in [-0.4, -0.2) is 11.0 Å². The molecular formula is C16H10ClNO4. The topological polar surface area (TPSA) is 79.5 Å².